The number of carbonyl (C=O) groups excluding carboxylic acids is 2. The number of benzene rings is 1. The normalized spacial score (nSPS) is 13.8. The first-order valence-corrected chi connectivity index (χ1v) is 9.06. The second-order valence-electron chi connectivity index (χ2n) is 7.32. The Hall–Kier alpha value is -2.34. The molecular formula is C21H31NO5. The van der Waals surface area contributed by atoms with Crippen LogP contribution in [0.5, 0.6) is 0 Å². The fourth-order valence-corrected chi connectivity index (χ4v) is 2.26. The summed E-state index contributed by atoms with van der Waals surface area (Å²) in [5.74, 6) is -0.367. The summed E-state index contributed by atoms with van der Waals surface area (Å²) in [6.45, 7) is 8.15. The number of esters is 1. The highest BCUT2D eigenvalue weighted by Crippen LogP contribution is 2.12. The van der Waals surface area contributed by atoms with Crippen LogP contribution in [0, 0.1) is 5.92 Å². The van der Waals surface area contributed by atoms with Crippen LogP contribution in [-0.2, 0) is 25.6 Å². The first kappa shape index (κ1) is 22.7. The van der Waals surface area contributed by atoms with Crippen molar-refractivity contribution in [2.24, 2.45) is 5.92 Å². The number of carbonyl (C=O) groups is 2. The monoisotopic (exact) mass is 377 g/mol. The third-order valence-corrected chi connectivity index (χ3v) is 3.70. The van der Waals surface area contributed by atoms with Crippen molar-refractivity contribution in [1.82, 2.24) is 5.32 Å². The lowest BCUT2D eigenvalue weighted by Gasteiger charge is -2.26. The maximum absolute atomic E-state index is 12.1. The molecule has 0 aliphatic rings. The van der Waals surface area contributed by atoms with Crippen LogP contribution in [0.25, 0.3) is 0 Å². The van der Waals surface area contributed by atoms with E-state index in [1.165, 1.54) is 7.11 Å². The standard InChI is InChI=1S/C21H31NO5/c1-16(10-9-13-19(23)25-5)18(22-20(24)27-21(2,3)4)15-26-14-17-11-7-6-8-12-17/h6-12,16,18H,13-15H2,1-5H3,(H,22,24)/b10-9+/t16-,18-/m0/s1. The largest absolute Gasteiger partial charge is 0.469 e. The van der Waals surface area contributed by atoms with Crippen molar-refractivity contribution in [2.75, 3.05) is 13.7 Å². The average molecular weight is 377 g/mol. The molecule has 0 radical (unpaired) electrons. The molecule has 1 aromatic carbocycles. The molecule has 27 heavy (non-hydrogen) atoms. The Morgan fingerprint density at radius 3 is 2.44 bits per heavy atom. The van der Waals surface area contributed by atoms with E-state index in [0.29, 0.717) is 13.2 Å². The van der Waals surface area contributed by atoms with Crippen molar-refractivity contribution in [3.8, 4) is 0 Å². The van der Waals surface area contributed by atoms with E-state index < -0.39 is 11.7 Å². The second kappa shape index (κ2) is 11.4. The SMILES string of the molecule is COC(=O)C/C=C/[C@H](C)[C@H](COCc1ccccc1)NC(=O)OC(C)(C)C. The Labute approximate surface area is 161 Å². The predicted molar refractivity (Wildman–Crippen MR) is 104 cm³/mol. The summed E-state index contributed by atoms with van der Waals surface area (Å²) < 4.78 is 15.7. The molecule has 0 saturated heterocycles. The Bertz CT molecular complexity index is 607. The zero-order valence-electron chi connectivity index (χ0n) is 16.9. The van der Waals surface area contributed by atoms with Gasteiger partial charge in [0.15, 0.2) is 0 Å². The molecule has 1 N–H and O–H groups in total. The third kappa shape index (κ3) is 10.4. The second-order valence-corrected chi connectivity index (χ2v) is 7.32. The van der Waals surface area contributed by atoms with Gasteiger partial charge in [0.25, 0.3) is 0 Å². The summed E-state index contributed by atoms with van der Waals surface area (Å²) in [7, 11) is 1.35. The van der Waals surface area contributed by atoms with E-state index in [9.17, 15) is 9.59 Å². The van der Waals surface area contributed by atoms with E-state index in [1.807, 2.05) is 64.1 Å². The molecule has 6 nitrogen and oxygen atoms in total. The number of amides is 1. The minimum absolute atomic E-state index is 0.0575. The van der Waals surface area contributed by atoms with Crippen LogP contribution in [0.3, 0.4) is 0 Å². The molecule has 150 valence electrons. The van der Waals surface area contributed by atoms with E-state index in [2.05, 4.69) is 10.1 Å². The average Bonchev–Trinajstić information content (AvgIpc) is 2.59. The van der Waals surface area contributed by atoms with Crippen molar-refractivity contribution < 1.29 is 23.8 Å². The molecular weight excluding hydrogens is 346 g/mol. The Balaban J connectivity index is 2.66. The molecule has 6 heteroatoms. The van der Waals surface area contributed by atoms with Crippen molar-refractivity contribution in [1.29, 1.82) is 0 Å². The molecule has 0 aliphatic heterocycles. The van der Waals surface area contributed by atoms with Crippen molar-refractivity contribution in [3.63, 3.8) is 0 Å². The summed E-state index contributed by atoms with van der Waals surface area (Å²) in [6.07, 6.45) is 3.29. The third-order valence-electron chi connectivity index (χ3n) is 3.70. The van der Waals surface area contributed by atoms with Gasteiger partial charge >= 0.3 is 12.1 Å². The fraction of sp³-hybridized carbons (Fsp3) is 0.524. The van der Waals surface area contributed by atoms with Crippen LogP contribution >= 0.6 is 0 Å². The molecule has 0 aliphatic carbocycles. The lowest BCUT2D eigenvalue weighted by molar-refractivity contribution is -0.139. The van der Waals surface area contributed by atoms with Crippen molar-refractivity contribution >= 4 is 12.1 Å². The maximum atomic E-state index is 12.1. The van der Waals surface area contributed by atoms with Gasteiger partial charge in [-0.2, -0.15) is 0 Å². The van der Waals surface area contributed by atoms with Gasteiger partial charge in [-0.05, 0) is 32.3 Å². The Kier molecular flexibility index (Phi) is 9.58. The number of nitrogens with one attached hydrogen (secondary N) is 1. The van der Waals surface area contributed by atoms with Gasteiger partial charge < -0.3 is 19.5 Å². The van der Waals surface area contributed by atoms with E-state index in [-0.39, 0.29) is 24.3 Å². The van der Waals surface area contributed by atoms with Crippen LogP contribution in [0.15, 0.2) is 42.5 Å². The van der Waals surface area contributed by atoms with Gasteiger partial charge in [-0.1, -0.05) is 49.4 Å². The van der Waals surface area contributed by atoms with Gasteiger partial charge in [-0.25, -0.2) is 4.79 Å². The highest BCUT2D eigenvalue weighted by atomic mass is 16.6. The highest BCUT2D eigenvalue weighted by Gasteiger charge is 2.22. The number of methoxy groups -OCH3 is 1. The molecule has 0 saturated carbocycles. The van der Waals surface area contributed by atoms with E-state index in [4.69, 9.17) is 9.47 Å². The molecule has 0 heterocycles. The first-order chi connectivity index (χ1) is 12.7. The molecule has 0 unspecified atom stereocenters. The zero-order valence-corrected chi connectivity index (χ0v) is 16.9. The highest BCUT2D eigenvalue weighted by molar-refractivity contribution is 5.71. The predicted octanol–water partition coefficient (Wildman–Crippen LogP) is 3.85. The van der Waals surface area contributed by atoms with Crippen LogP contribution in [0.1, 0.15) is 39.7 Å². The number of alkyl carbamates (subject to hydrolysis) is 1. The topological polar surface area (TPSA) is 73.9 Å². The Morgan fingerprint density at radius 1 is 1.19 bits per heavy atom. The van der Waals surface area contributed by atoms with E-state index >= 15 is 0 Å². The quantitative estimate of drug-likeness (QED) is 0.523. The molecule has 0 spiro atoms. The first-order valence-electron chi connectivity index (χ1n) is 9.06. The van der Waals surface area contributed by atoms with Gasteiger partial charge in [0.1, 0.15) is 5.60 Å². The van der Waals surface area contributed by atoms with Gasteiger partial charge in [-0.15, -0.1) is 0 Å². The van der Waals surface area contributed by atoms with Gasteiger partial charge in [-0.3, -0.25) is 4.79 Å². The number of ether oxygens (including phenoxy) is 3. The summed E-state index contributed by atoms with van der Waals surface area (Å²) in [4.78, 5) is 23.4. The fourth-order valence-electron chi connectivity index (χ4n) is 2.26. The molecule has 0 fully saturated rings. The summed E-state index contributed by atoms with van der Waals surface area (Å²) in [5, 5.41) is 2.86. The minimum Gasteiger partial charge on any atom is -0.469 e. The molecule has 0 bridgehead atoms. The minimum atomic E-state index is -0.580. The zero-order chi connectivity index (χ0) is 20.3. The van der Waals surface area contributed by atoms with Crippen LogP contribution in [-0.4, -0.2) is 37.4 Å². The summed E-state index contributed by atoms with van der Waals surface area (Å²) >= 11 is 0. The van der Waals surface area contributed by atoms with E-state index in [0.717, 1.165) is 5.56 Å². The smallest absolute Gasteiger partial charge is 0.407 e. The maximum Gasteiger partial charge on any atom is 0.407 e. The molecule has 2 atom stereocenters. The molecule has 0 aromatic heterocycles. The number of rotatable bonds is 9. The van der Waals surface area contributed by atoms with Gasteiger partial charge in [0, 0.05) is 0 Å². The van der Waals surface area contributed by atoms with E-state index in [1.54, 1.807) is 6.08 Å². The van der Waals surface area contributed by atoms with Crippen molar-refractivity contribution in [2.45, 2.75) is 52.4 Å². The Morgan fingerprint density at radius 2 is 1.85 bits per heavy atom. The van der Waals surface area contributed by atoms with Crippen LogP contribution < -0.4 is 5.32 Å². The lowest BCUT2D eigenvalue weighted by Crippen LogP contribution is -2.44. The van der Waals surface area contributed by atoms with Crippen molar-refractivity contribution in [3.05, 3.63) is 48.0 Å². The summed E-state index contributed by atoms with van der Waals surface area (Å²) in [6, 6.07) is 9.52. The van der Waals surface area contributed by atoms with Gasteiger partial charge in [0.2, 0.25) is 0 Å². The molecule has 1 aromatic rings. The van der Waals surface area contributed by atoms with Crippen LogP contribution in [0.4, 0.5) is 4.79 Å². The van der Waals surface area contributed by atoms with Crippen LogP contribution in [0.2, 0.25) is 0 Å². The summed E-state index contributed by atoms with van der Waals surface area (Å²) in [5.41, 5.74) is 0.478. The van der Waals surface area contributed by atoms with Gasteiger partial charge in [0.05, 0.1) is 32.8 Å². The number of hydrogen-bond donors (Lipinski definition) is 1. The molecule has 1 rings (SSSR count). The molecule has 1 amide bonds. The number of hydrogen-bond acceptors (Lipinski definition) is 5. The lowest BCUT2D eigenvalue weighted by atomic mass is 10.0.